The summed E-state index contributed by atoms with van der Waals surface area (Å²) in [6.45, 7) is 8.83. The van der Waals surface area contributed by atoms with Crippen LogP contribution in [0.15, 0.2) is 0 Å². The lowest BCUT2D eigenvalue weighted by Crippen LogP contribution is -2.38. The first-order valence-electron chi connectivity index (χ1n) is 6.85. The molecule has 0 aliphatic carbocycles. The molecule has 0 aromatic heterocycles. The van der Waals surface area contributed by atoms with Gasteiger partial charge in [0.25, 0.3) is 0 Å². The molecule has 0 radical (unpaired) electrons. The Labute approximate surface area is 109 Å². The monoisotopic (exact) mass is 255 g/mol. The molecule has 1 fully saturated rings. The van der Waals surface area contributed by atoms with Crippen LogP contribution in [0.3, 0.4) is 0 Å². The van der Waals surface area contributed by atoms with E-state index in [0.29, 0.717) is 31.2 Å². The molecule has 1 saturated heterocycles. The molecule has 1 aliphatic rings. The smallest absolute Gasteiger partial charge is 0.308 e. The number of rotatable bonds is 5. The van der Waals surface area contributed by atoms with Gasteiger partial charge in [-0.1, -0.05) is 20.8 Å². The van der Waals surface area contributed by atoms with Crippen molar-refractivity contribution in [1.29, 1.82) is 0 Å². The third kappa shape index (κ3) is 3.72. The molecule has 1 amide bonds. The van der Waals surface area contributed by atoms with Crippen LogP contribution in [-0.4, -0.2) is 34.5 Å². The Bertz CT molecular complexity index is 314. The topological polar surface area (TPSA) is 57.6 Å². The second kappa shape index (κ2) is 6.21. The van der Waals surface area contributed by atoms with Gasteiger partial charge < -0.3 is 10.0 Å². The van der Waals surface area contributed by atoms with Crippen molar-refractivity contribution in [2.45, 2.75) is 53.0 Å². The lowest BCUT2D eigenvalue weighted by Gasteiger charge is -2.25. The van der Waals surface area contributed by atoms with Gasteiger partial charge in [-0.15, -0.1) is 0 Å². The number of carboxylic acids is 1. The highest BCUT2D eigenvalue weighted by atomic mass is 16.4. The first-order valence-corrected chi connectivity index (χ1v) is 6.85. The summed E-state index contributed by atoms with van der Waals surface area (Å²) in [5.74, 6) is -0.106. The van der Waals surface area contributed by atoms with E-state index in [0.717, 1.165) is 6.42 Å². The molecule has 104 valence electrons. The number of amides is 1. The van der Waals surface area contributed by atoms with E-state index in [1.807, 2.05) is 6.92 Å². The first-order chi connectivity index (χ1) is 8.32. The average Bonchev–Trinajstić information content (AvgIpc) is 2.58. The Hall–Kier alpha value is -1.06. The maximum atomic E-state index is 12.1. The molecule has 0 aromatic carbocycles. The minimum atomic E-state index is -0.784. The molecule has 18 heavy (non-hydrogen) atoms. The molecular weight excluding hydrogens is 230 g/mol. The molecular formula is C14H25NO3. The molecule has 0 aromatic rings. The average molecular weight is 255 g/mol. The zero-order valence-corrected chi connectivity index (χ0v) is 11.8. The standard InChI is InChI=1S/C14H25NO3/c1-9(2)7-10(3)8-13(16)15-6-5-12(11(15)4)14(17)18/h9-12H,5-8H2,1-4H3,(H,17,18). The van der Waals surface area contributed by atoms with Crippen molar-refractivity contribution >= 4 is 11.9 Å². The Kier molecular flexibility index (Phi) is 5.17. The number of nitrogens with zero attached hydrogens (tertiary/aromatic N) is 1. The fourth-order valence-electron chi connectivity index (χ4n) is 2.93. The van der Waals surface area contributed by atoms with Crippen LogP contribution in [0.4, 0.5) is 0 Å². The highest BCUT2D eigenvalue weighted by Crippen LogP contribution is 2.26. The van der Waals surface area contributed by atoms with Gasteiger partial charge >= 0.3 is 5.97 Å². The summed E-state index contributed by atoms with van der Waals surface area (Å²) in [7, 11) is 0. The maximum absolute atomic E-state index is 12.1. The summed E-state index contributed by atoms with van der Waals surface area (Å²) in [5, 5.41) is 9.05. The molecule has 0 spiro atoms. The van der Waals surface area contributed by atoms with Crippen molar-refractivity contribution in [3.8, 4) is 0 Å². The fourth-order valence-corrected chi connectivity index (χ4v) is 2.93. The van der Waals surface area contributed by atoms with Gasteiger partial charge in [-0.3, -0.25) is 9.59 Å². The van der Waals surface area contributed by atoms with E-state index < -0.39 is 11.9 Å². The second-order valence-corrected chi connectivity index (χ2v) is 6.00. The van der Waals surface area contributed by atoms with Crippen LogP contribution in [0.5, 0.6) is 0 Å². The van der Waals surface area contributed by atoms with E-state index in [1.165, 1.54) is 0 Å². The van der Waals surface area contributed by atoms with Crippen LogP contribution < -0.4 is 0 Å². The number of aliphatic carboxylic acids is 1. The predicted octanol–water partition coefficient (Wildman–Crippen LogP) is 2.38. The molecule has 1 N–H and O–H groups in total. The Balaban J connectivity index is 2.51. The van der Waals surface area contributed by atoms with Crippen molar-refractivity contribution < 1.29 is 14.7 Å². The molecule has 0 bridgehead atoms. The van der Waals surface area contributed by atoms with E-state index in [4.69, 9.17) is 5.11 Å². The molecule has 0 saturated carbocycles. The summed E-state index contributed by atoms with van der Waals surface area (Å²) in [6.07, 6.45) is 2.16. The van der Waals surface area contributed by atoms with Gasteiger partial charge in [0.2, 0.25) is 5.91 Å². The third-order valence-corrected chi connectivity index (χ3v) is 3.79. The van der Waals surface area contributed by atoms with Gasteiger partial charge in [0.05, 0.1) is 5.92 Å². The summed E-state index contributed by atoms with van der Waals surface area (Å²) < 4.78 is 0. The minimum absolute atomic E-state index is 0.111. The van der Waals surface area contributed by atoms with Crippen molar-refractivity contribution in [3.63, 3.8) is 0 Å². The molecule has 1 rings (SSSR count). The molecule has 4 heteroatoms. The Morgan fingerprint density at radius 1 is 1.33 bits per heavy atom. The first kappa shape index (κ1) is 15.0. The van der Waals surface area contributed by atoms with E-state index >= 15 is 0 Å². The lowest BCUT2D eigenvalue weighted by atomic mass is 9.95. The predicted molar refractivity (Wildman–Crippen MR) is 70.2 cm³/mol. The molecule has 3 atom stereocenters. The van der Waals surface area contributed by atoms with Crippen molar-refractivity contribution in [3.05, 3.63) is 0 Å². The van der Waals surface area contributed by atoms with Crippen LogP contribution in [0.25, 0.3) is 0 Å². The lowest BCUT2D eigenvalue weighted by molar-refractivity contribution is -0.143. The van der Waals surface area contributed by atoms with Gasteiger partial charge in [-0.25, -0.2) is 0 Å². The summed E-state index contributed by atoms with van der Waals surface area (Å²) >= 11 is 0. The van der Waals surface area contributed by atoms with E-state index in [2.05, 4.69) is 20.8 Å². The minimum Gasteiger partial charge on any atom is -0.481 e. The van der Waals surface area contributed by atoms with Crippen molar-refractivity contribution in [2.75, 3.05) is 6.54 Å². The molecule has 3 unspecified atom stereocenters. The van der Waals surface area contributed by atoms with Gasteiger partial charge in [-0.2, -0.15) is 0 Å². The molecule has 1 aliphatic heterocycles. The van der Waals surface area contributed by atoms with Crippen LogP contribution in [-0.2, 0) is 9.59 Å². The number of carbonyl (C=O) groups is 2. The largest absolute Gasteiger partial charge is 0.481 e. The van der Waals surface area contributed by atoms with Crippen LogP contribution >= 0.6 is 0 Å². The quantitative estimate of drug-likeness (QED) is 0.820. The van der Waals surface area contributed by atoms with Gasteiger partial charge in [0.15, 0.2) is 0 Å². The number of likely N-dealkylation sites (tertiary alicyclic amines) is 1. The Morgan fingerprint density at radius 3 is 2.39 bits per heavy atom. The highest BCUT2D eigenvalue weighted by molar-refractivity contribution is 5.79. The van der Waals surface area contributed by atoms with Gasteiger partial charge in [0, 0.05) is 19.0 Å². The zero-order chi connectivity index (χ0) is 13.9. The summed E-state index contributed by atoms with van der Waals surface area (Å²) in [5.41, 5.74) is 0. The summed E-state index contributed by atoms with van der Waals surface area (Å²) in [4.78, 5) is 24.9. The molecule has 1 heterocycles. The second-order valence-electron chi connectivity index (χ2n) is 6.00. The van der Waals surface area contributed by atoms with Crippen LogP contribution in [0.2, 0.25) is 0 Å². The maximum Gasteiger partial charge on any atom is 0.308 e. The van der Waals surface area contributed by atoms with E-state index in [9.17, 15) is 9.59 Å². The number of carboxylic acid groups (broad SMARTS) is 1. The highest BCUT2D eigenvalue weighted by Gasteiger charge is 2.38. The van der Waals surface area contributed by atoms with Crippen LogP contribution in [0.1, 0.15) is 47.0 Å². The number of hydrogen-bond acceptors (Lipinski definition) is 2. The van der Waals surface area contributed by atoms with E-state index in [-0.39, 0.29) is 11.9 Å². The van der Waals surface area contributed by atoms with Gasteiger partial charge in [0.1, 0.15) is 0 Å². The SMILES string of the molecule is CC(C)CC(C)CC(=O)N1CCC(C(=O)O)C1C. The van der Waals surface area contributed by atoms with Crippen LogP contribution in [0, 0.1) is 17.8 Å². The van der Waals surface area contributed by atoms with Gasteiger partial charge in [-0.05, 0) is 31.6 Å². The third-order valence-electron chi connectivity index (χ3n) is 3.79. The van der Waals surface area contributed by atoms with E-state index in [1.54, 1.807) is 4.90 Å². The Morgan fingerprint density at radius 2 is 1.94 bits per heavy atom. The van der Waals surface area contributed by atoms with Crippen molar-refractivity contribution in [1.82, 2.24) is 4.90 Å². The zero-order valence-electron chi connectivity index (χ0n) is 11.8. The number of carbonyl (C=O) groups excluding carboxylic acids is 1. The fraction of sp³-hybridized carbons (Fsp3) is 0.857. The molecule has 4 nitrogen and oxygen atoms in total. The summed E-state index contributed by atoms with van der Waals surface area (Å²) in [6, 6.07) is -0.166. The number of hydrogen-bond donors (Lipinski definition) is 1. The van der Waals surface area contributed by atoms with Crippen molar-refractivity contribution in [2.24, 2.45) is 17.8 Å². The normalized spacial score (nSPS) is 25.5.